The van der Waals surface area contributed by atoms with Crippen LogP contribution in [0.1, 0.15) is 49.8 Å². The fourth-order valence-electron chi connectivity index (χ4n) is 3.26. The zero-order chi connectivity index (χ0) is 21.2. The number of aryl methyl sites for hydroxylation is 2. The summed E-state index contributed by atoms with van der Waals surface area (Å²) in [5, 5.41) is 3.61. The molecule has 29 heavy (non-hydrogen) atoms. The zero-order valence-corrected chi connectivity index (χ0v) is 18.3. The van der Waals surface area contributed by atoms with Crippen LogP contribution in [0.5, 0.6) is 0 Å². The Bertz CT molecular complexity index is 805. The van der Waals surface area contributed by atoms with Gasteiger partial charge in [0.25, 0.3) is 0 Å². The molecule has 0 bridgehead atoms. The van der Waals surface area contributed by atoms with Crippen molar-refractivity contribution in [3.63, 3.8) is 0 Å². The van der Waals surface area contributed by atoms with Gasteiger partial charge in [-0.15, -0.1) is 0 Å². The quantitative estimate of drug-likeness (QED) is 0.600. The topological polar surface area (TPSA) is 49.4 Å². The van der Waals surface area contributed by atoms with E-state index in [4.69, 9.17) is 11.6 Å². The van der Waals surface area contributed by atoms with Crippen LogP contribution in [0.3, 0.4) is 0 Å². The van der Waals surface area contributed by atoms with Crippen molar-refractivity contribution < 1.29 is 9.59 Å². The number of hydrogen-bond acceptors (Lipinski definition) is 2. The van der Waals surface area contributed by atoms with Crippen LogP contribution in [0.4, 0.5) is 0 Å². The Labute approximate surface area is 179 Å². The number of nitrogens with zero attached hydrogens (tertiary/aromatic N) is 1. The van der Waals surface area contributed by atoms with Crippen molar-refractivity contribution in [3.8, 4) is 0 Å². The lowest BCUT2D eigenvalue weighted by Crippen LogP contribution is -2.49. The minimum absolute atomic E-state index is 0.0380. The van der Waals surface area contributed by atoms with E-state index in [9.17, 15) is 9.59 Å². The van der Waals surface area contributed by atoms with Crippen LogP contribution in [0.25, 0.3) is 0 Å². The molecule has 0 saturated heterocycles. The molecule has 5 heteroatoms. The van der Waals surface area contributed by atoms with Crippen LogP contribution in [0.15, 0.2) is 48.5 Å². The normalized spacial score (nSPS) is 11.7. The number of benzene rings is 2. The molecule has 0 fully saturated rings. The van der Waals surface area contributed by atoms with Crippen molar-refractivity contribution in [2.75, 3.05) is 6.54 Å². The summed E-state index contributed by atoms with van der Waals surface area (Å²) < 4.78 is 0. The summed E-state index contributed by atoms with van der Waals surface area (Å²) in [6, 6.07) is 15.2. The number of rotatable bonds is 10. The Hall–Kier alpha value is -2.33. The number of carbonyl (C=O) groups is 2. The maximum atomic E-state index is 13.2. The third-order valence-electron chi connectivity index (χ3n) is 4.97. The van der Waals surface area contributed by atoms with Crippen molar-refractivity contribution in [3.05, 3.63) is 70.2 Å². The monoisotopic (exact) mass is 414 g/mol. The fraction of sp³-hybridized carbons (Fsp3) is 0.417. The van der Waals surface area contributed by atoms with Crippen molar-refractivity contribution in [2.24, 2.45) is 0 Å². The predicted molar refractivity (Wildman–Crippen MR) is 119 cm³/mol. The largest absolute Gasteiger partial charge is 0.354 e. The number of carbonyl (C=O) groups excluding carboxylic acids is 2. The average Bonchev–Trinajstić information content (AvgIpc) is 2.72. The molecule has 0 aliphatic carbocycles. The van der Waals surface area contributed by atoms with Crippen LogP contribution >= 0.6 is 11.6 Å². The first-order valence-electron chi connectivity index (χ1n) is 10.3. The first-order valence-corrected chi connectivity index (χ1v) is 10.7. The van der Waals surface area contributed by atoms with Crippen LogP contribution in [0, 0.1) is 6.92 Å². The van der Waals surface area contributed by atoms with E-state index in [1.54, 1.807) is 4.90 Å². The van der Waals surface area contributed by atoms with Crippen LogP contribution < -0.4 is 5.32 Å². The van der Waals surface area contributed by atoms with Gasteiger partial charge in [-0.1, -0.05) is 73.5 Å². The highest BCUT2D eigenvalue weighted by molar-refractivity contribution is 6.31. The molecular formula is C24H31ClN2O2. The number of amides is 2. The summed E-state index contributed by atoms with van der Waals surface area (Å²) >= 11 is 6.24. The fourth-order valence-corrected chi connectivity index (χ4v) is 3.49. The highest BCUT2D eigenvalue weighted by atomic mass is 35.5. The molecule has 2 rings (SSSR count). The summed E-state index contributed by atoms with van der Waals surface area (Å²) in [7, 11) is 0. The lowest BCUT2D eigenvalue weighted by Gasteiger charge is -2.31. The summed E-state index contributed by atoms with van der Waals surface area (Å²) in [5.41, 5.74) is 3.13. The minimum Gasteiger partial charge on any atom is -0.354 e. The van der Waals surface area contributed by atoms with Crippen molar-refractivity contribution in [2.45, 2.75) is 59.0 Å². The van der Waals surface area contributed by atoms with Gasteiger partial charge in [-0.25, -0.2) is 0 Å². The molecule has 0 aromatic heterocycles. The van der Waals surface area contributed by atoms with E-state index in [1.807, 2.05) is 69.3 Å². The molecule has 0 saturated carbocycles. The molecule has 0 spiro atoms. The van der Waals surface area contributed by atoms with Gasteiger partial charge in [0.1, 0.15) is 6.04 Å². The summed E-state index contributed by atoms with van der Waals surface area (Å²) in [6.07, 6.45) is 2.29. The highest BCUT2D eigenvalue weighted by Crippen LogP contribution is 2.19. The average molecular weight is 415 g/mol. The third kappa shape index (κ3) is 6.90. The van der Waals surface area contributed by atoms with Gasteiger partial charge in [0.05, 0.1) is 0 Å². The molecule has 1 N–H and O–H groups in total. The second-order valence-corrected chi connectivity index (χ2v) is 7.72. The lowest BCUT2D eigenvalue weighted by molar-refractivity contribution is -0.141. The van der Waals surface area contributed by atoms with Gasteiger partial charge in [0.2, 0.25) is 11.8 Å². The summed E-state index contributed by atoms with van der Waals surface area (Å²) in [5.74, 6) is -0.128. The standard InChI is InChI=1S/C24H31ClN2O2/c1-4-16-26-24(29)22(5-2)27(17-19-12-10-18(3)11-13-19)23(28)15-14-20-8-6-7-9-21(20)25/h6-13,22H,4-5,14-17H2,1-3H3,(H,26,29)/t22-/m1/s1. The van der Waals surface area contributed by atoms with Gasteiger partial charge in [-0.3, -0.25) is 9.59 Å². The molecule has 2 aromatic rings. The van der Waals surface area contributed by atoms with Crippen molar-refractivity contribution in [1.82, 2.24) is 10.2 Å². The second-order valence-electron chi connectivity index (χ2n) is 7.31. The van der Waals surface area contributed by atoms with Crippen molar-refractivity contribution >= 4 is 23.4 Å². The maximum Gasteiger partial charge on any atom is 0.242 e. The first kappa shape index (κ1) is 23.0. The second kappa shape index (κ2) is 11.6. The van der Waals surface area contributed by atoms with Gasteiger partial charge < -0.3 is 10.2 Å². The Balaban J connectivity index is 2.19. The molecule has 4 nitrogen and oxygen atoms in total. The van der Waals surface area contributed by atoms with E-state index in [2.05, 4.69) is 5.32 Å². The number of hydrogen-bond donors (Lipinski definition) is 1. The lowest BCUT2D eigenvalue weighted by atomic mass is 10.1. The maximum absolute atomic E-state index is 13.2. The van der Waals surface area contributed by atoms with Gasteiger partial charge >= 0.3 is 0 Å². The molecule has 0 unspecified atom stereocenters. The van der Waals surface area contributed by atoms with E-state index in [1.165, 1.54) is 0 Å². The third-order valence-corrected chi connectivity index (χ3v) is 5.34. The smallest absolute Gasteiger partial charge is 0.242 e. The van der Waals surface area contributed by atoms with Gasteiger partial charge in [-0.2, -0.15) is 0 Å². The molecule has 2 amide bonds. The molecule has 156 valence electrons. The molecule has 0 radical (unpaired) electrons. The van der Waals surface area contributed by atoms with Crippen LogP contribution in [-0.2, 0) is 22.6 Å². The molecule has 1 atom stereocenters. The summed E-state index contributed by atoms with van der Waals surface area (Å²) in [6.45, 7) is 7.02. The van der Waals surface area contributed by atoms with E-state index < -0.39 is 6.04 Å². The highest BCUT2D eigenvalue weighted by Gasteiger charge is 2.28. The Morgan fingerprint density at radius 3 is 2.38 bits per heavy atom. The summed E-state index contributed by atoms with van der Waals surface area (Å²) in [4.78, 5) is 27.6. The minimum atomic E-state index is -0.485. The van der Waals surface area contributed by atoms with Crippen LogP contribution in [0.2, 0.25) is 5.02 Å². The van der Waals surface area contributed by atoms with Gasteiger partial charge in [0, 0.05) is 24.5 Å². The Morgan fingerprint density at radius 2 is 1.76 bits per heavy atom. The van der Waals surface area contributed by atoms with E-state index in [-0.39, 0.29) is 11.8 Å². The SMILES string of the molecule is CCCNC(=O)[C@@H](CC)N(Cc1ccc(C)cc1)C(=O)CCc1ccccc1Cl. The van der Waals surface area contributed by atoms with E-state index in [0.29, 0.717) is 37.4 Å². The molecule has 0 heterocycles. The molecular weight excluding hydrogens is 384 g/mol. The molecule has 0 aliphatic rings. The Morgan fingerprint density at radius 1 is 1.07 bits per heavy atom. The van der Waals surface area contributed by atoms with Crippen LogP contribution in [-0.4, -0.2) is 29.3 Å². The van der Waals surface area contributed by atoms with E-state index >= 15 is 0 Å². The zero-order valence-electron chi connectivity index (χ0n) is 17.6. The van der Waals surface area contributed by atoms with Crippen molar-refractivity contribution in [1.29, 1.82) is 0 Å². The Kier molecular flexibility index (Phi) is 9.20. The van der Waals surface area contributed by atoms with E-state index in [0.717, 1.165) is 23.1 Å². The number of halogens is 1. The molecule has 2 aromatic carbocycles. The first-order chi connectivity index (χ1) is 14.0. The number of nitrogens with one attached hydrogen (secondary N) is 1. The predicted octanol–water partition coefficient (Wildman–Crippen LogP) is 4.91. The molecule has 0 aliphatic heterocycles. The van der Waals surface area contributed by atoms with Gasteiger partial charge in [0.15, 0.2) is 0 Å². The van der Waals surface area contributed by atoms with Gasteiger partial charge in [-0.05, 0) is 43.4 Å².